The molecule has 0 amide bonds. The number of rotatable bonds is 6. The number of methoxy groups -OCH3 is 1. The molecular weight excluding hydrogens is 222 g/mol. The van der Waals surface area contributed by atoms with Crippen LogP contribution in [0.2, 0.25) is 0 Å². The van der Waals surface area contributed by atoms with E-state index in [2.05, 4.69) is 5.16 Å². The molecule has 0 saturated carbocycles. The van der Waals surface area contributed by atoms with Crippen molar-refractivity contribution < 1.29 is 19.8 Å². The molecule has 1 unspecified atom stereocenters. The average molecular weight is 239 g/mol. The summed E-state index contributed by atoms with van der Waals surface area (Å²) in [5, 5.41) is 21.2. The quantitative estimate of drug-likeness (QED) is 0.445. The Hall–Kier alpha value is -1.59. The van der Waals surface area contributed by atoms with E-state index >= 15 is 0 Å². The van der Waals surface area contributed by atoms with Crippen LogP contribution >= 0.6 is 0 Å². The fraction of sp³-hybridized carbons (Fsp3) is 0.417. The van der Waals surface area contributed by atoms with E-state index in [1.807, 2.05) is 6.07 Å². The molecule has 0 spiro atoms. The Labute approximate surface area is 100 Å². The monoisotopic (exact) mass is 239 g/mol. The second-order valence-corrected chi connectivity index (χ2v) is 3.63. The minimum absolute atomic E-state index is 0.159. The lowest BCUT2D eigenvalue weighted by molar-refractivity contribution is 0.0325. The molecule has 0 radical (unpaired) electrons. The van der Waals surface area contributed by atoms with Crippen LogP contribution in [0.4, 0.5) is 0 Å². The summed E-state index contributed by atoms with van der Waals surface area (Å²) in [5.41, 5.74) is 1.28. The Bertz CT molecular complexity index is 379. The van der Waals surface area contributed by atoms with E-state index in [-0.39, 0.29) is 13.2 Å². The number of hydrogen-bond acceptors (Lipinski definition) is 5. The Morgan fingerprint density at radius 3 is 2.82 bits per heavy atom. The van der Waals surface area contributed by atoms with Crippen LogP contribution in [0.1, 0.15) is 12.5 Å². The third kappa shape index (κ3) is 4.42. The first-order valence-corrected chi connectivity index (χ1v) is 5.26. The van der Waals surface area contributed by atoms with Gasteiger partial charge in [0.15, 0.2) is 0 Å². The first-order valence-electron chi connectivity index (χ1n) is 5.26. The zero-order chi connectivity index (χ0) is 12.7. The number of benzene rings is 1. The summed E-state index contributed by atoms with van der Waals surface area (Å²) in [5.74, 6) is 0.612. The summed E-state index contributed by atoms with van der Waals surface area (Å²) in [7, 11) is 1.52. The van der Waals surface area contributed by atoms with E-state index in [0.29, 0.717) is 11.5 Å². The largest absolute Gasteiger partial charge is 0.491 e. The number of hydrogen-bond donors (Lipinski definition) is 2. The second kappa shape index (κ2) is 6.88. The molecule has 1 aromatic rings. The van der Waals surface area contributed by atoms with Crippen LogP contribution in [-0.4, -0.2) is 42.5 Å². The zero-order valence-electron chi connectivity index (χ0n) is 9.96. The van der Waals surface area contributed by atoms with E-state index in [4.69, 9.17) is 14.7 Å². The Morgan fingerprint density at radius 1 is 1.41 bits per heavy atom. The summed E-state index contributed by atoms with van der Waals surface area (Å²) >= 11 is 0. The molecule has 0 aliphatic rings. The van der Waals surface area contributed by atoms with Gasteiger partial charge in [-0.25, -0.2) is 0 Å². The molecule has 0 aromatic heterocycles. The van der Waals surface area contributed by atoms with E-state index in [1.54, 1.807) is 25.1 Å². The summed E-state index contributed by atoms with van der Waals surface area (Å²) in [4.78, 5) is 0. The van der Waals surface area contributed by atoms with Crippen LogP contribution in [0.25, 0.3) is 0 Å². The zero-order valence-corrected chi connectivity index (χ0v) is 9.96. The molecule has 1 rings (SSSR count). The SMILES string of the molecule is COCC(O)COc1cccc(C(C)=NO)c1. The Balaban J connectivity index is 2.60. The molecule has 0 aliphatic carbocycles. The first kappa shape index (κ1) is 13.5. The molecule has 0 aliphatic heterocycles. The van der Waals surface area contributed by atoms with Gasteiger partial charge in [-0.05, 0) is 19.1 Å². The van der Waals surface area contributed by atoms with Gasteiger partial charge in [0.05, 0.1) is 12.3 Å². The summed E-state index contributed by atoms with van der Waals surface area (Å²) in [6, 6.07) is 7.12. The number of ether oxygens (including phenoxy) is 2. The van der Waals surface area contributed by atoms with Crippen molar-refractivity contribution in [1.82, 2.24) is 0 Å². The van der Waals surface area contributed by atoms with Crippen LogP contribution in [0, 0.1) is 0 Å². The van der Waals surface area contributed by atoms with Crippen molar-refractivity contribution in [2.75, 3.05) is 20.3 Å². The molecule has 0 fully saturated rings. The van der Waals surface area contributed by atoms with Crippen LogP contribution in [0.15, 0.2) is 29.4 Å². The van der Waals surface area contributed by atoms with Crippen molar-refractivity contribution in [3.8, 4) is 5.75 Å². The molecule has 0 bridgehead atoms. The van der Waals surface area contributed by atoms with Crippen LogP contribution in [-0.2, 0) is 4.74 Å². The predicted molar refractivity (Wildman–Crippen MR) is 63.8 cm³/mol. The highest BCUT2D eigenvalue weighted by atomic mass is 16.5. The number of aliphatic hydroxyl groups is 1. The standard InChI is InChI=1S/C12H17NO4/c1-9(13-15)10-4-3-5-12(6-10)17-8-11(14)7-16-2/h3-6,11,14-15H,7-8H2,1-2H3. The molecule has 1 aromatic carbocycles. The average Bonchev–Trinajstić information content (AvgIpc) is 2.36. The van der Waals surface area contributed by atoms with E-state index < -0.39 is 6.10 Å². The maximum atomic E-state index is 9.42. The molecule has 2 N–H and O–H groups in total. The summed E-state index contributed by atoms with van der Waals surface area (Å²) < 4.78 is 10.2. The molecule has 5 nitrogen and oxygen atoms in total. The molecule has 94 valence electrons. The normalized spacial score (nSPS) is 13.5. The van der Waals surface area contributed by atoms with Gasteiger partial charge in [0, 0.05) is 12.7 Å². The van der Waals surface area contributed by atoms with Gasteiger partial charge < -0.3 is 19.8 Å². The molecule has 1 atom stereocenters. The molecule has 0 heterocycles. The van der Waals surface area contributed by atoms with E-state index in [9.17, 15) is 5.11 Å². The molecule has 0 saturated heterocycles. The van der Waals surface area contributed by atoms with Crippen LogP contribution < -0.4 is 4.74 Å². The summed E-state index contributed by atoms with van der Waals surface area (Å²) in [6.07, 6.45) is -0.656. The second-order valence-electron chi connectivity index (χ2n) is 3.63. The maximum Gasteiger partial charge on any atom is 0.120 e. The smallest absolute Gasteiger partial charge is 0.120 e. The summed E-state index contributed by atoms with van der Waals surface area (Å²) in [6.45, 7) is 2.09. The van der Waals surface area contributed by atoms with Gasteiger partial charge in [0.1, 0.15) is 18.5 Å². The van der Waals surface area contributed by atoms with Crippen molar-refractivity contribution in [1.29, 1.82) is 0 Å². The third-order valence-corrected chi connectivity index (χ3v) is 2.20. The van der Waals surface area contributed by atoms with Crippen molar-refractivity contribution in [2.45, 2.75) is 13.0 Å². The Kier molecular flexibility index (Phi) is 5.45. The highest BCUT2D eigenvalue weighted by Crippen LogP contribution is 2.14. The minimum Gasteiger partial charge on any atom is -0.491 e. The first-order chi connectivity index (χ1) is 8.17. The topological polar surface area (TPSA) is 71.3 Å². The number of nitrogens with zero attached hydrogens (tertiary/aromatic N) is 1. The maximum absolute atomic E-state index is 9.42. The highest BCUT2D eigenvalue weighted by molar-refractivity contribution is 5.98. The minimum atomic E-state index is -0.656. The lowest BCUT2D eigenvalue weighted by Gasteiger charge is -2.11. The van der Waals surface area contributed by atoms with Crippen LogP contribution in [0.3, 0.4) is 0 Å². The Morgan fingerprint density at radius 2 is 2.18 bits per heavy atom. The van der Waals surface area contributed by atoms with Gasteiger partial charge in [0.2, 0.25) is 0 Å². The molecule has 17 heavy (non-hydrogen) atoms. The third-order valence-electron chi connectivity index (χ3n) is 2.20. The number of oxime groups is 1. The van der Waals surface area contributed by atoms with Gasteiger partial charge >= 0.3 is 0 Å². The lowest BCUT2D eigenvalue weighted by Crippen LogP contribution is -2.22. The fourth-order valence-corrected chi connectivity index (χ4v) is 1.30. The fourth-order valence-electron chi connectivity index (χ4n) is 1.30. The van der Waals surface area contributed by atoms with Crippen molar-refractivity contribution >= 4 is 5.71 Å². The van der Waals surface area contributed by atoms with Gasteiger partial charge in [-0.1, -0.05) is 17.3 Å². The van der Waals surface area contributed by atoms with Crippen LogP contribution in [0.5, 0.6) is 5.75 Å². The molecule has 5 heteroatoms. The van der Waals surface area contributed by atoms with Crippen molar-refractivity contribution in [2.24, 2.45) is 5.16 Å². The van der Waals surface area contributed by atoms with Gasteiger partial charge in [-0.2, -0.15) is 0 Å². The van der Waals surface area contributed by atoms with Gasteiger partial charge in [-0.15, -0.1) is 0 Å². The number of aliphatic hydroxyl groups excluding tert-OH is 1. The van der Waals surface area contributed by atoms with E-state index in [1.165, 1.54) is 7.11 Å². The highest BCUT2D eigenvalue weighted by Gasteiger charge is 2.05. The molecular formula is C12H17NO4. The van der Waals surface area contributed by atoms with E-state index in [0.717, 1.165) is 5.56 Å². The van der Waals surface area contributed by atoms with Gasteiger partial charge in [0.25, 0.3) is 0 Å². The lowest BCUT2D eigenvalue weighted by atomic mass is 10.1. The van der Waals surface area contributed by atoms with Crippen molar-refractivity contribution in [3.63, 3.8) is 0 Å². The van der Waals surface area contributed by atoms with Gasteiger partial charge in [-0.3, -0.25) is 0 Å². The predicted octanol–water partition coefficient (Wildman–Crippen LogP) is 1.27. The van der Waals surface area contributed by atoms with Crippen molar-refractivity contribution in [3.05, 3.63) is 29.8 Å².